The molecule has 0 aliphatic heterocycles. The van der Waals surface area contributed by atoms with Gasteiger partial charge in [0.05, 0.1) is 16.4 Å². The van der Waals surface area contributed by atoms with E-state index in [1.54, 1.807) is 0 Å². The highest BCUT2D eigenvalue weighted by Crippen LogP contribution is 2.67. The fourth-order valence-electron chi connectivity index (χ4n) is 11.9. The summed E-state index contributed by atoms with van der Waals surface area (Å²) in [4.78, 5) is 7.72. The Balaban J connectivity index is 1.03. The van der Waals surface area contributed by atoms with Crippen molar-refractivity contribution >= 4 is 73.3 Å². The molecule has 0 saturated heterocycles. The van der Waals surface area contributed by atoms with Crippen molar-refractivity contribution in [3.63, 3.8) is 0 Å². The van der Waals surface area contributed by atoms with Crippen LogP contribution in [-0.2, 0) is 5.41 Å². The molecular formula is C64H45N3S. The number of anilines is 6. The fraction of sp³-hybridized carbons (Fsp3) is 0.0625. The van der Waals surface area contributed by atoms with Gasteiger partial charge in [0.2, 0.25) is 0 Å². The number of rotatable bonds is 7. The summed E-state index contributed by atoms with van der Waals surface area (Å²) in [5, 5.41) is 2.46. The molecule has 2 aromatic heterocycles. The third-order valence-corrected chi connectivity index (χ3v) is 16.0. The number of nitrogens with zero attached hydrogens (tertiary/aromatic N) is 3. The third-order valence-electron chi connectivity index (χ3n) is 14.8. The second-order valence-electron chi connectivity index (χ2n) is 18.4. The first-order chi connectivity index (χ1) is 33.7. The first-order valence-corrected chi connectivity index (χ1v) is 24.6. The van der Waals surface area contributed by atoms with E-state index in [1.165, 1.54) is 76.1 Å². The molecule has 9 aromatic carbocycles. The number of hydrogen-bond donors (Lipinski definition) is 0. The molecule has 3 nitrogen and oxygen atoms in total. The molecule has 0 amide bonds. The standard InChI is InChI=1S/C64H45N3S/c1-42-19-18-32-60-61(42)62-53-37-34-49(66(45-24-10-4-11-25-45)47-35-38-59-54(39-47)52-29-15-17-31-58(52)67(59)46-26-12-5-13-27-46)41-57(53)64(63(62)68-60)55-30-16-14-28-50(55)51-36-33-48(40-56(51)64)65(43-20-6-2-7-21-43)44-22-8-3-9-23-44/h2-18,20-42H,19H2,1H3. The summed E-state index contributed by atoms with van der Waals surface area (Å²) >= 11 is 2.01. The van der Waals surface area contributed by atoms with Gasteiger partial charge in [-0.25, -0.2) is 0 Å². The first kappa shape index (κ1) is 39.0. The van der Waals surface area contributed by atoms with Gasteiger partial charge in [-0.15, -0.1) is 11.3 Å². The summed E-state index contributed by atoms with van der Waals surface area (Å²) in [6.45, 7) is 2.42. The average Bonchev–Trinajstić information content (AvgIpc) is 4.11. The zero-order valence-electron chi connectivity index (χ0n) is 37.6. The summed E-state index contributed by atoms with van der Waals surface area (Å²) < 4.78 is 2.40. The van der Waals surface area contributed by atoms with Gasteiger partial charge in [0.25, 0.3) is 0 Å². The maximum atomic E-state index is 2.55. The zero-order chi connectivity index (χ0) is 44.9. The molecule has 0 N–H and O–H groups in total. The quantitative estimate of drug-likeness (QED) is 0.158. The lowest BCUT2D eigenvalue weighted by Crippen LogP contribution is -2.26. The molecule has 14 rings (SSSR count). The second kappa shape index (κ2) is 15.2. The van der Waals surface area contributed by atoms with E-state index in [1.807, 2.05) is 11.3 Å². The average molecular weight is 888 g/mol. The molecule has 2 heterocycles. The van der Waals surface area contributed by atoms with Crippen molar-refractivity contribution in [3.05, 3.63) is 263 Å². The van der Waals surface area contributed by atoms with E-state index in [0.29, 0.717) is 5.92 Å². The Hall–Kier alpha value is -8.18. The molecule has 3 aliphatic carbocycles. The van der Waals surface area contributed by atoms with Crippen molar-refractivity contribution in [2.75, 3.05) is 9.80 Å². The molecule has 11 aromatic rings. The normalized spacial score (nSPS) is 16.1. The molecule has 4 heteroatoms. The van der Waals surface area contributed by atoms with E-state index >= 15 is 0 Å². The van der Waals surface area contributed by atoms with Gasteiger partial charge in [0, 0.05) is 65.9 Å². The Bertz CT molecular complexity index is 3750. The van der Waals surface area contributed by atoms with Gasteiger partial charge in [-0.3, -0.25) is 0 Å². The highest BCUT2D eigenvalue weighted by atomic mass is 32.1. The molecule has 322 valence electrons. The molecule has 2 atom stereocenters. The third kappa shape index (κ3) is 5.59. The lowest BCUT2D eigenvalue weighted by atomic mass is 9.73. The van der Waals surface area contributed by atoms with Crippen LogP contribution in [0.4, 0.5) is 34.1 Å². The van der Waals surface area contributed by atoms with Gasteiger partial charge in [-0.05, 0) is 154 Å². The maximum Gasteiger partial charge on any atom is 0.0820 e. The van der Waals surface area contributed by atoms with Gasteiger partial charge in [-0.1, -0.05) is 140 Å². The molecule has 0 saturated carbocycles. The molecule has 3 aliphatic rings. The Morgan fingerprint density at radius 3 is 1.66 bits per heavy atom. The molecular weight excluding hydrogens is 843 g/mol. The number of aromatic nitrogens is 1. The van der Waals surface area contributed by atoms with Crippen molar-refractivity contribution in [2.24, 2.45) is 0 Å². The molecule has 68 heavy (non-hydrogen) atoms. The highest BCUT2D eigenvalue weighted by Gasteiger charge is 2.54. The van der Waals surface area contributed by atoms with Crippen LogP contribution in [0, 0.1) is 0 Å². The minimum Gasteiger partial charge on any atom is -0.310 e. The van der Waals surface area contributed by atoms with Crippen LogP contribution in [-0.4, -0.2) is 4.57 Å². The number of benzene rings is 9. The maximum absolute atomic E-state index is 2.55. The topological polar surface area (TPSA) is 11.4 Å². The Morgan fingerprint density at radius 2 is 0.971 bits per heavy atom. The van der Waals surface area contributed by atoms with Crippen LogP contribution in [0.25, 0.3) is 55.8 Å². The van der Waals surface area contributed by atoms with E-state index in [2.05, 4.69) is 258 Å². The molecule has 0 bridgehead atoms. The number of hydrogen-bond acceptors (Lipinski definition) is 3. The minimum absolute atomic E-state index is 0.414. The SMILES string of the molecule is CC1CC=Cc2sc3c(c21)-c1ccc(N(c2ccccc2)c2ccc4c(c2)c2ccccc2n4-c2ccccc2)cc1C31c2ccccc2-c2ccc(N(c3ccccc3)c3ccccc3)cc21. The molecule has 0 fully saturated rings. The van der Waals surface area contributed by atoms with Crippen molar-refractivity contribution in [1.29, 1.82) is 0 Å². The summed E-state index contributed by atoms with van der Waals surface area (Å²) in [6, 6.07) is 83.0. The van der Waals surface area contributed by atoms with Gasteiger partial charge in [0.1, 0.15) is 0 Å². The van der Waals surface area contributed by atoms with Crippen LogP contribution in [0.1, 0.15) is 51.3 Å². The monoisotopic (exact) mass is 887 g/mol. The Morgan fingerprint density at radius 1 is 0.456 bits per heavy atom. The van der Waals surface area contributed by atoms with Crippen LogP contribution in [0.15, 0.2) is 231 Å². The van der Waals surface area contributed by atoms with E-state index in [4.69, 9.17) is 0 Å². The van der Waals surface area contributed by atoms with E-state index < -0.39 is 5.41 Å². The second-order valence-corrected chi connectivity index (χ2v) is 19.5. The lowest BCUT2D eigenvalue weighted by Gasteiger charge is -2.33. The van der Waals surface area contributed by atoms with Crippen LogP contribution in [0.5, 0.6) is 0 Å². The zero-order valence-corrected chi connectivity index (χ0v) is 38.4. The van der Waals surface area contributed by atoms with E-state index in [0.717, 1.165) is 46.2 Å². The Labute approximate surface area is 400 Å². The molecule has 0 radical (unpaired) electrons. The lowest BCUT2D eigenvalue weighted by molar-refractivity contribution is 0.776. The van der Waals surface area contributed by atoms with Gasteiger partial charge in [0.15, 0.2) is 0 Å². The number of fused-ring (bicyclic) bond motifs is 15. The predicted molar refractivity (Wildman–Crippen MR) is 286 cm³/mol. The van der Waals surface area contributed by atoms with Crippen molar-refractivity contribution < 1.29 is 0 Å². The van der Waals surface area contributed by atoms with Gasteiger partial charge in [-0.2, -0.15) is 0 Å². The van der Waals surface area contributed by atoms with Crippen LogP contribution < -0.4 is 9.80 Å². The minimum atomic E-state index is -0.549. The van der Waals surface area contributed by atoms with Crippen LogP contribution in [0.3, 0.4) is 0 Å². The van der Waals surface area contributed by atoms with Gasteiger partial charge >= 0.3 is 0 Å². The van der Waals surface area contributed by atoms with E-state index in [9.17, 15) is 0 Å². The van der Waals surface area contributed by atoms with Crippen LogP contribution >= 0.6 is 11.3 Å². The number of thiophene rings is 1. The van der Waals surface area contributed by atoms with Crippen LogP contribution in [0.2, 0.25) is 0 Å². The summed E-state index contributed by atoms with van der Waals surface area (Å²) in [5.41, 5.74) is 20.7. The van der Waals surface area contributed by atoms with Crippen molar-refractivity contribution in [1.82, 2.24) is 4.57 Å². The summed E-state index contributed by atoms with van der Waals surface area (Å²) in [5.74, 6) is 0.414. The molecule has 2 unspecified atom stereocenters. The number of allylic oxidation sites excluding steroid dienone is 1. The predicted octanol–water partition coefficient (Wildman–Crippen LogP) is 17.6. The van der Waals surface area contributed by atoms with Crippen molar-refractivity contribution in [3.8, 4) is 27.9 Å². The molecule has 1 spiro atoms. The van der Waals surface area contributed by atoms with Crippen molar-refractivity contribution in [2.45, 2.75) is 24.7 Å². The Kier molecular flexibility index (Phi) is 8.71. The van der Waals surface area contributed by atoms with Gasteiger partial charge < -0.3 is 14.4 Å². The van der Waals surface area contributed by atoms with E-state index in [-0.39, 0.29) is 0 Å². The largest absolute Gasteiger partial charge is 0.310 e. The summed E-state index contributed by atoms with van der Waals surface area (Å²) in [7, 11) is 0. The fourth-order valence-corrected chi connectivity index (χ4v) is 13.5. The summed E-state index contributed by atoms with van der Waals surface area (Å²) in [6.07, 6.45) is 5.82. The smallest absolute Gasteiger partial charge is 0.0820 e. The highest BCUT2D eigenvalue weighted by molar-refractivity contribution is 7.14. The first-order valence-electron chi connectivity index (χ1n) is 23.7. The number of para-hydroxylation sites is 5.